The summed E-state index contributed by atoms with van der Waals surface area (Å²) in [7, 11) is -1.73. The van der Waals surface area contributed by atoms with Crippen LogP contribution in [0.3, 0.4) is 0 Å². The van der Waals surface area contributed by atoms with Crippen LogP contribution in [0.1, 0.15) is 76.0 Å². The number of anilines is 2. The second kappa shape index (κ2) is 26.1. The van der Waals surface area contributed by atoms with E-state index < -0.39 is 92.7 Å². The Morgan fingerprint density at radius 1 is 0.642 bits per heavy atom. The summed E-state index contributed by atoms with van der Waals surface area (Å²) in [6.07, 6.45) is -4.66. The first-order chi connectivity index (χ1) is 39.3. The Morgan fingerprint density at radius 2 is 1.10 bits per heavy atom. The number of hydrogen-bond acceptors (Lipinski definition) is 18. The van der Waals surface area contributed by atoms with Gasteiger partial charge in [0.25, 0.3) is 11.8 Å². The summed E-state index contributed by atoms with van der Waals surface area (Å²) in [5, 5.41) is 14.8. The Labute approximate surface area is 464 Å². The van der Waals surface area contributed by atoms with Crippen molar-refractivity contribution < 1.29 is 60.9 Å². The lowest BCUT2D eigenvalue weighted by Gasteiger charge is -2.37. The van der Waals surface area contributed by atoms with Crippen molar-refractivity contribution in [3.63, 3.8) is 0 Å². The number of esters is 1. The van der Waals surface area contributed by atoms with E-state index in [0.29, 0.717) is 39.3 Å². The smallest absolute Gasteiger partial charge is 0.475 e. The van der Waals surface area contributed by atoms with Gasteiger partial charge in [-0.3, -0.25) is 37.1 Å². The summed E-state index contributed by atoms with van der Waals surface area (Å²) in [6, 6.07) is 45.6. The summed E-state index contributed by atoms with van der Waals surface area (Å²) in [5.41, 5.74) is -0.249. The first-order valence-electron chi connectivity index (χ1n) is 25.6. The molecule has 81 heavy (non-hydrogen) atoms. The maximum absolute atomic E-state index is 15.2. The van der Waals surface area contributed by atoms with Gasteiger partial charge in [0.2, 0.25) is 0 Å². The molecule has 2 amide bonds. The van der Waals surface area contributed by atoms with Gasteiger partial charge < -0.3 is 39.1 Å². The average molecular weight is 1120 g/mol. The number of methoxy groups -OCH3 is 2. The molecular formula is C58H56N7O15P. The number of aromatic nitrogens is 4. The number of hydrogen-bond donors (Lipinski definition) is 2. The first-order valence-corrected chi connectivity index (χ1v) is 27.1. The quantitative estimate of drug-likeness (QED) is 0.0266. The van der Waals surface area contributed by atoms with E-state index in [2.05, 4.69) is 20.6 Å². The Kier molecular flexibility index (Phi) is 18.4. The van der Waals surface area contributed by atoms with E-state index in [1.807, 2.05) is 60.7 Å². The van der Waals surface area contributed by atoms with Gasteiger partial charge >= 0.3 is 25.2 Å². The molecule has 2 aliphatic heterocycles. The molecule has 0 radical (unpaired) electrons. The largest absolute Gasteiger partial charge is 0.497 e. The van der Waals surface area contributed by atoms with E-state index in [1.165, 1.54) is 36.0 Å². The van der Waals surface area contributed by atoms with Crippen LogP contribution in [0.5, 0.6) is 11.5 Å². The second-order valence-electron chi connectivity index (χ2n) is 18.5. The Bertz CT molecular complexity index is 3470. The SMILES string of the molecule is COc1ccc(C(OC[C@H]2O[C@@H](n3ccc(NC(=O)c4ccccc4)nc3=O)C[C@@H]2OP(=O)(OCCC#N)OC[C@H]2O[C@@H](n3ccc(NC(=O)c4ccccc4)nc3=O)C[C@@H]2OC(C)=O)(c2ccccc2)c2ccc(OC)cc2)cc1. The molecule has 9 rings (SSSR count). The zero-order valence-corrected chi connectivity index (χ0v) is 45.0. The predicted octanol–water partition coefficient (Wildman–Crippen LogP) is 7.98. The molecule has 0 bridgehead atoms. The molecule has 2 aliphatic rings. The van der Waals surface area contributed by atoms with Gasteiger partial charge in [0.05, 0.1) is 46.5 Å². The van der Waals surface area contributed by atoms with Crippen molar-refractivity contribution >= 4 is 37.2 Å². The summed E-state index contributed by atoms with van der Waals surface area (Å²) in [5.74, 6) is -0.535. The van der Waals surface area contributed by atoms with Crippen molar-refractivity contribution in [2.75, 3.05) is 44.7 Å². The molecule has 2 N–H and O–H groups in total. The Hall–Kier alpha value is -8.65. The minimum absolute atomic E-state index is 0.0216. The van der Waals surface area contributed by atoms with Gasteiger partial charge in [0, 0.05) is 43.3 Å². The van der Waals surface area contributed by atoms with Crippen LogP contribution < -0.4 is 31.5 Å². The minimum atomic E-state index is -4.84. The van der Waals surface area contributed by atoms with Crippen molar-refractivity contribution in [2.24, 2.45) is 0 Å². The number of rotatable bonds is 23. The number of ether oxygens (including phenoxy) is 6. The van der Waals surface area contributed by atoms with E-state index in [-0.39, 0.29) is 37.5 Å². The lowest BCUT2D eigenvalue weighted by molar-refractivity contribution is -0.150. The number of phosphoric ester groups is 1. The third-order valence-corrected chi connectivity index (χ3v) is 14.8. The van der Waals surface area contributed by atoms with Crippen LogP contribution in [0, 0.1) is 11.3 Å². The standard InChI is InChI=1S/C58H56N7O15P/c1-38(66)77-46-34-52(64-31-28-50(62-56(64)69)60-54(67)39-14-7-4-8-15-39)79-49(46)37-76-81(71,75-33-13-30-59)80-47-35-53(65-32-29-51(63-57(65)70)61-55(68)40-16-9-5-10-17-40)78-48(47)36-74-58(41-18-11-6-12-19-41,42-20-24-44(72-2)25-21-42)43-22-26-45(73-3)27-23-43/h4-12,14-29,31-32,46-49,52-53H,13,33-37H2,1-3H3,(H,60,62,67,69)(H,61,63,68,70)/t46-,47-,48+,49+,52+,53+,81?/m0/s1. The molecule has 23 heteroatoms. The van der Waals surface area contributed by atoms with Gasteiger partial charge in [0.15, 0.2) is 0 Å². The molecule has 418 valence electrons. The van der Waals surface area contributed by atoms with Gasteiger partial charge in [-0.1, -0.05) is 91.0 Å². The first kappa shape index (κ1) is 57.0. The molecular weight excluding hydrogens is 1070 g/mol. The summed E-state index contributed by atoms with van der Waals surface area (Å²) in [4.78, 5) is 73.8. The van der Waals surface area contributed by atoms with E-state index in [4.69, 9.17) is 42.0 Å². The number of nitriles is 1. The van der Waals surface area contributed by atoms with E-state index in [9.17, 15) is 29.2 Å². The predicted molar refractivity (Wildman–Crippen MR) is 291 cm³/mol. The maximum Gasteiger partial charge on any atom is 0.475 e. The molecule has 2 saturated heterocycles. The fourth-order valence-corrected chi connectivity index (χ4v) is 10.8. The number of amides is 2. The average Bonchev–Trinajstić information content (AvgIpc) is 4.16. The van der Waals surface area contributed by atoms with Crippen LogP contribution in [0.15, 0.2) is 174 Å². The molecule has 7 atom stereocenters. The van der Waals surface area contributed by atoms with Crippen LogP contribution in [0.2, 0.25) is 0 Å². The van der Waals surface area contributed by atoms with Crippen LogP contribution in [-0.4, -0.2) is 95.3 Å². The number of carbonyl (C=O) groups is 3. The monoisotopic (exact) mass is 1120 g/mol. The maximum atomic E-state index is 15.2. The topological polar surface area (TPSA) is 269 Å². The highest BCUT2D eigenvalue weighted by Crippen LogP contribution is 2.54. The summed E-state index contributed by atoms with van der Waals surface area (Å²) in [6.45, 7) is -0.145. The van der Waals surface area contributed by atoms with Crippen molar-refractivity contribution in [1.29, 1.82) is 5.26 Å². The van der Waals surface area contributed by atoms with E-state index in [0.717, 1.165) is 4.57 Å². The highest BCUT2D eigenvalue weighted by atomic mass is 31.2. The van der Waals surface area contributed by atoms with Crippen LogP contribution in [-0.2, 0) is 47.5 Å². The number of nitrogens with one attached hydrogen (secondary N) is 2. The molecule has 22 nitrogen and oxygen atoms in total. The van der Waals surface area contributed by atoms with Crippen molar-refractivity contribution in [2.45, 2.75) is 68.7 Å². The lowest BCUT2D eigenvalue weighted by atomic mass is 9.80. The normalized spacial score (nSPS) is 19.4. The van der Waals surface area contributed by atoms with Crippen LogP contribution in [0.25, 0.3) is 0 Å². The Morgan fingerprint density at radius 3 is 1.56 bits per heavy atom. The third kappa shape index (κ3) is 13.7. The highest BCUT2D eigenvalue weighted by Gasteiger charge is 2.48. The van der Waals surface area contributed by atoms with Gasteiger partial charge in [-0.15, -0.1) is 0 Å². The lowest BCUT2D eigenvalue weighted by Crippen LogP contribution is -2.38. The number of carbonyl (C=O) groups excluding carboxylic acids is 3. The zero-order valence-electron chi connectivity index (χ0n) is 44.1. The number of nitrogens with zero attached hydrogens (tertiary/aromatic N) is 5. The molecule has 2 aromatic heterocycles. The highest BCUT2D eigenvalue weighted by molar-refractivity contribution is 7.48. The van der Waals surface area contributed by atoms with Gasteiger partial charge in [-0.05, 0) is 77.4 Å². The van der Waals surface area contributed by atoms with Crippen LogP contribution >= 0.6 is 7.82 Å². The summed E-state index contributed by atoms with van der Waals surface area (Å²) >= 11 is 0. The molecule has 2 fully saturated rings. The number of phosphoric acid groups is 1. The van der Waals surface area contributed by atoms with E-state index >= 15 is 4.57 Å². The van der Waals surface area contributed by atoms with Gasteiger partial charge in [-0.2, -0.15) is 15.2 Å². The molecule has 0 saturated carbocycles. The number of benzene rings is 5. The Balaban J connectivity index is 1.02. The second-order valence-corrected chi connectivity index (χ2v) is 20.1. The molecule has 0 spiro atoms. The summed E-state index contributed by atoms with van der Waals surface area (Å²) < 4.78 is 72.6. The minimum Gasteiger partial charge on any atom is -0.497 e. The van der Waals surface area contributed by atoms with E-state index in [1.54, 1.807) is 99.1 Å². The van der Waals surface area contributed by atoms with Crippen LogP contribution in [0.4, 0.5) is 11.6 Å². The van der Waals surface area contributed by atoms with Gasteiger partial charge in [0.1, 0.15) is 65.6 Å². The fraction of sp³-hybridized carbons (Fsp3) is 0.276. The fourth-order valence-electron chi connectivity index (χ4n) is 9.36. The molecule has 0 aliphatic carbocycles. The molecule has 5 aromatic carbocycles. The van der Waals surface area contributed by atoms with Gasteiger partial charge in [-0.25, -0.2) is 14.2 Å². The van der Waals surface area contributed by atoms with Crippen molar-refractivity contribution in [3.05, 3.63) is 213 Å². The molecule has 4 heterocycles. The van der Waals surface area contributed by atoms with Crippen molar-refractivity contribution in [1.82, 2.24) is 19.1 Å². The molecule has 7 aromatic rings. The zero-order chi connectivity index (χ0) is 56.9. The third-order valence-electron chi connectivity index (χ3n) is 13.3. The van der Waals surface area contributed by atoms with Crippen molar-refractivity contribution in [3.8, 4) is 17.6 Å². The molecule has 1 unspecified atom stereocenters.